The van der Waals surface area contributed by atoms with Crippen molar-refractivity contribution in [3.63, 3.8) is 0 Å². The lowest BCUT2D eigenvalue weighted by atomic mass is 10.2. The summed E-state index contributed by atoms with van der Waals surface area (Å²) in [5, 5.41) is 2.53. The Hall–Kier alpha value is -3.64. The molecule has 0 amide bonds. The lowest BCUT2D eigenvalue weighted by Gasteiger charge is -2.31. The van der Waals surface area contributed by atoms with E-state index in [0.29, 0.717) is 26.3 Å². The maximum atomic E-state index is 6.70. The Labute approximate surface area is 224 Å². The van der Waals surface area contributed by atoms with Gasteiger partial charge in [0.05, 0.1) is 32.4 Å². The molecule has 1 aromatic heterocycles. The number of ether oxygens (including phenoxy) is 3. The van der Waals surface area contributed by atoms with Gasteiger partial charge in [0.15, 0.2) is 5.79 Å². The van der Waals surface area contributed by atoms with Crippen LogP contribution in [0.2, 0.25) is 0 Å². The van der Waals surface area contributed by atoms with Gasteiger partial charge in [0.2, 0.25) is 0 Å². The molecule has 0 N–H and O–H groups in total. The average molecular weight is 507 g/mol. The van der Waals surface area contributed by atoms with E-state index in [0.717, 1.165) is 11.4 Å². The number of rotatable bonds is 9. The Balaban J connectivity index is 1.36. The standard InChI is InChI=1S/C33H34N2O3/c1-33(2)37-24-28(38-33)23-36-27(21-34(25-13-5-3-6-14-25)26-15-7-4-8-16-26)22-35-31-19-11-9-17-29(31)30-18-10-12-20-32(30)35/h3-20,27-28H,21-24H2,1-2H3/t27-,28-/m0/s1. The Morgan fingerprint density at radius 1 is 0.789 bits per heavy atom. The Morgan fingerprint density at radius 3 is 1.84 bits per heavy atom. The van der Waals surface area contributed by atoms with Crippen LogP contribution in [-0.4, -0.2) is 42.3 Å². The predicted molar refractivity (Wildman–Crippen MR) is 154 cm³/mol. The molecule has 0 radical (unpaired) electrons. The minimum atomic E-state index is -0.573. The number of fused-ring (bicyclic) bond motifs is 3. The molecule has 0 spiro atoms. The van der Waals surface area contributed by atoms with E-state index in [1.165, 1.54) is 21.8 Å². The second-order valence-electron chi connectivity index (χ2n) is 10.3. The van der Waals surface area contributed by atoms with Crippen molar-refractivity contribution in [3.05, 3.63) is 109 Å². The molecule has 2 heterocycles. The van der Waals surface area contributed by atoms with Gasteiger partial charge in [-0.25, -0.2) is 0 Å². The van der Waals surface area contributed by atoms with Gasteiger partial charge in [-0.15, -0.1) is 0 Å². The fourth-order valence-electron chi connectivity index (χ4n) is 5.43. The fraction of sp³-hybridized carbons (Fsp3) is 0.273. The molecular weight excluding hydrogens is 472 g/mol. The van der Waals surface area contributed by atoms with Crippen molar-refractivity contribution in [1.29, 1.82) is 0 Å². The average Bonchev–Trinajstić information content (AvgIpc) is 3.47. The zero-order chi connectivity index (χ0) is 26.0. The van der Waals surface area contributed by atoms with E-state index in [1.54, 1.807) is 0 Å². The number of aromatic nitrogens is 1. The number of anilines is 2. The molecule has 194 valence electrons. The molecule has 1 saturated heterocycles. The zero-order valence-corrected chi connectivity index (χ0v) is 22.0. The van der Waals surface area contributed by atoms with E-state index >= 15 is 0 Å². The first kappa shape index (κ1) is 24.7. The minimum Gasteiger partial charge on any atom is -0.372 e. The molecule has 0 saturated carbocycles. The van der Waals surface area contributed by atoms with Crippen LogP contribution in [0.5, 0.6) is 0 Å². The van der Waals surface area contributed by atoms with Crippen LogP contribution < -0.4 is 4.90 Å². The van der Waals surface area contributed by atoms with Crippen LogP contribution >= 0.6 is 0 Å². The third kappa shape index (κ3) is 5.18. The van der Waals surface area contributed by atoms with Gasteiger partial charge in [0, 0.05) is 33.2 Å². The predicted octanol–water partition coefficient (Wildman–Crippen LogP) is 7.17. The second-order valence-corrected chi connectivity index (χ2v) is 10.3. The fourth-order valence-corrected chi connectivity index (χ4v) is 5.43. The highest BCUT2D eigenvalue weighted by molar-refractivity contribution is 6.07. The Kier molecular flexibility index (Phi) is 6.90. The topological polar surface area (TPSA) is 35.9 Å². The van der Waals surface area contributed by atoms with Gasteiger partial charge in [-0.3, -0.25) is 0 Å². The molecule has 1 aliphatic rings. The Bertz CT molecular complexity index is 1400. The molecule has 1 aliphatic heterocycles. The Morgan fingerprint density at radius 2 is 1.32 bits per heavy atom. The highest BCUT2D eigenvalue weighted by Gasteiger charge is 2.33. The minimum absolute atomic E-state index is 0.0902. The molecule has 0 bridgehead atoms. The lowest BCUT2D eigenvalue weighted by Crippen LogP contribution is -2.36. The molecule has 38 heavy (non-hydrogen) atoms. The van der Waals surface area contributed by atoms with Crippen molar-refractivity contribution in [1.82, 2.24) is 4.57 Å². The first-order chi connectivity index (χ1) is 18.6. The van der Waals surface area contributed by atoms with Crippen LogP contribution in [0.15, 0.2) is 109 Å². The van der Waals surface area contributed by atoms with Gasteiger partial charge in [0.1, 0.15) is 6.10 Å². The highest BCUT2D eigenvalue weighted by Crippen LogP contribution is 2.31. The normalized spacial score (nSPS) is 17.7. The first-order valence-electron chi connectivity index (χ1n) is 13.3. The van der Waals surface area contributed by atoms with Gasteiger partial charge in [-0.1, -0.05) is 72.8 Å². The van der Waals surface area contributed by atoms with Crippen LogP contribution in [0.4, 0.5) is 11.4 Å². The van der Waals surface area contributed by atoms with Crippen molar-refractivity contribution in [3.8, 4) is 0 Å². The first-order valence-corrected chi connectivity index (χ1v) is 13.3. The van der Waals surface area contributed by atoms with Crippen molar-refractivity contribution in [2.24, 2.45) is 0 Å². The van der Waals surface area contributed by atoms with Gasteiger partial charge >= 0.3 is 0 Å². The summed E-state index contributed by atoms with van der Waals surface area (Å²) in [7, 11) is 0. The highest BCUT2D eigenvalue weighted by atomic mass is 16.7. The molecule has 5 heteroatoms. The summed E-state index contributed by atoms with van der Waals surface area (Å²) in [4.78, 5) is 2.34. The lowest BCUT2D eigenvalue weighted by molar-refractivity contribution is -0.147. The molecule has 0 unspecified atom stereocenters. The third-order valence-corrected chi connectivity index (χ3v) is 7.17. The zero-order valence-electron chi connectivity index (χ0n) is 22.0. The van der Waals surface area contributed by atoms with Crippen LogP contribution in [0.3, 0.4) is 0 Å². The van der Waals surface area contributed by atoms with Gasteiger partial charge in [-0.2, -0.15) is 0 Å². The van der Waals surface area contributed by atoms with E-state index in [2.05, 4.69) is 119 Å². The van der Waals surface area contributed by atoms with E-state index < -0.39 is 5.79 Å². The number of hydrogen-bond donors (Lipinski definition) is 0. The molecule has 2 atom stereocenters. The molecule has 1 fully saturated rings. The van der Waals surface area contributed by atoms with Crippen LogP contribution in [0.1, 0.15) is 13.8 Å². The van der Waals surface area contributed by atoms with Crippen molar-refractivity contribution in [2.75, 3.05) is 24.7 Å². The van der Waals surface area contributed by atoms with Crippen molar-refractivity contribution >= 4 is 33.2 Å². The smallest absolute Gasteiger partial charge is 0.163 e. The summed E-state index contributed by atoms with van der Waals surface area (Å²) in [5.41, 5.74) is 4.71. The van der Waals surface area contributed by atoms with Crippen molar-refractivity contribution < 1.29 is 14.2 Å². The summed E-state index contributed by atoms with van der Waals surface area (Å²) in [5.74, 6) is -0.573. The molecule has 0 aliphatic carbocycles. The van der Waals surface area contributed by atoms with Crippen LogP contribution in [0, 0.1) is 0 Å². The monoisotopic (exact) mass is 506 g/mol. The maximum Gasteiger partial charge on any atom is 0.163 e. The summed E-state index contributed by atoms with van der Waals surface area (Å²) < 4.78 is 21.0. The molecule has 5 nitrogen and oxygen atoms in total. The summed E-state index contributed by atoms with van der Waals surface area (Å²) >= 11 is 0. The molecular formula is C33H34N2O3. The van der Waals surface area contributed by atoms with E-state index in [9.17, 15) is 0 Å². The number of nitrogens with zero attached hydrogens (tertiary/aromatic N) is 2. The third-order valence-electron chi connectivity index (χ3n) is 7.17. The van der Waals surface area contributed by atoms with E-state index in [1.807, 2.05) is 13.8 Å². The molecule has 5 aromatic rings. The molecule has 6 rings (SSSR count). The van der Waals surface area contributed by atoms with Crippen LogP contribution in [-0.2, 0) is 20.8 Å². The quantitative estimate of drug-likeness (QED) is 0.212. The van der Waals surface area contributed by atoms with Gasteiger partial charge < -0.3 is 23.7 Å². The largest absolute Gasteiger partial charge is 0.372 e. The summed E-state index contributed by atoms with van der Waals surface area (Å²) in [6, 6.07) is 38.3. The van der Waals surface area contributed by atoms with Gasteiger partial charge in [0.25, 0.3) is 0 Å². The van der Waals surface area contributed by atoms with Crippen LogP contribution in [0.25, 0.3) is 21.8 Å². The second kappa shape index (κ2) is 10.6. The molecule has 4 aromatic carbocycles. The number of para-hydroxylation sites is 4. The van der Waals surface area contributed by atoms with Gasteiger partial charge in [-0.05, 0) is 50.2 Å². The number of benzene rings is 4. The SMILES string of the molecule is CC1(C)OC[C@H](CO[C@@H](CN(c2ccccc2)c2ccccc2)Cn2c3ccccc3c3ccccc32)O1. The van der Waals surface area contributed by atoms with E-state index in [-0.39, 0.29) is 12.2 Å². The summed E-state index contributed by atoms with van der Waals surface area (Å²) in [6.45, 7) is 6.32. The maximum absolute atomic E-state index is 6.70. The van der Waals surface area contributed by atoms with Crippen molar-refractivity contribution in [2.45, 2.75) is 38.4 Å². The number of hydrogen-bond acceptors (Lipinski definition) is 4. The summed E-state index contributed by atoms with van der Waals surface area (Å²) in [6.07, 6.45) is -0.200. The van der Waals surface area contributed by atoms with E-state index in [4.69, 9.17) is 14.2 Å².